The van der Waals surface area contributed by atoms with E-state index in [0.29, 0.717) is 13.0 Å². The fourth-order valence-electron chi connectivity index (χ4n) is 1.74. The van der Waals surface area contributed by atoms with E-state index < -0.39 is 12.1 Å². The minimum absolute atomic E-state index is 0.0117. The van der Waals surface area contributed by atoms with E-state index in [0.717, 1.165) is 0 Å². The number of ether oxygens (including phenoxy) is 1. The number of aromatic nitrogens is 2. The second-order valence-corrected chi connectivity index (χ2v) is 3.90. The van der Waals surface area contributed by atoms with E-state index >= 15 is 0 Å². The van der Waals surface area contributed by atoms with Crippen LogP contribution in [0.15, 0.2) is 12.4 Å². The highest BCUT2D eigenvalue weighted by Crippen LogP contribution is 2.18. The van der Waals surface area contributed by atoms with Gasteiger partial charge in [0.1, 0.15) is 12.6 Å². The van der Waals surface area contributed by atoms with E-state index in [-0.39, 0.29) is 24.0 Å². The van der Waals surface area contributed by atoms with Crippen molar-refractivity contribution >= 4 is 11.9 Å². The van der Waals surface area contributed by atoms with Crippen molar-refractivity contribution in [2.75, 3.05) is 13.1 Å². The van der Waals surface area contributed by atoms with Crippen molar-refractivity contribution in [1.29, 1.82) is 5.26 Å². The van der Waals surface area contributed by atoms with E-state index in [1.54, 1.807) is 6.07 Å². The fourth-order valence-corrected chi connectivity index (χ4v) is 1.74. The SMILES string of the molecule is N#Cc1ncc(OC2CCN(CC(=O)O)C2=O)cn1. The molecule has 1 saturated heterocycles. The van der Waals surface area contributed by atoms with Gasteiger partial charge in [-0.2, -0.15) is 5.26 Å². The molecule has 0 bridgehead atoms. The van der Waals surface area contributed by atoms with E-state index in [1.807, 2.05) is 0 Å². The van der Waals surface area contributed by atoms with Gasteiger partial charge in [-0.1, -0.05) is 0 Å². The van der Waals surface area contributed by atoms with Crippen LogP contribution in [-0.4, -0.2) is 51.0 Å². The number of hydrogen-bond acceptors (Lipinski definition) is 6. The van der Waals surface area contributed by atoms with Crippen LogP contribution in [0.3, 0.4) is 0 Å². The molecule has 1 amide bonds. The summed E-state index contributed by atoms with van der Waals surface area (Å²) in [6.07, 6.45) is 2.29. The number of nitrogens with zero attached hydrogens (tertiary/aromatic N) is 4. The van der Waals surface area contributed by atoms with Gasteiger partial charge in [0.25, 0.3) is 5.91 Å². The fraction of sp³-hybridized carbons (Fsp3) is 0.364. The monoisotopic (exact) mass is 262 g/mol. The van der Waals surface area contributed by atoms with Crippen LogP contribution < -0.4 is 4.74 Å². The lowest BCUT2D eigenvalue weighted by atomic mass is 10.3. The lowest BCUT2D eigenvalue weighted by Gasteiger charge is -2.14. The first-order valence-corrected chi connectivity index (χ1v) is 5.49. The molecule has 98 valence electrons. The van der Waals surface area contributed by atoms with Gasteiger partial charge in [-0.15, -0.1) is 0 Å². The van der Waals surface area contributed by atoms with E-state index in [2.05, 4.69) is 9.97 Å². The number of aliphatic carboxylic acids is 1. The van der Waals surface area contributed by atoms with Gasteiger partial charge < -0.3 is 14.7 Å². The molecule has 1 aromatic heterocycles. The van der Waals surface area contributed by atoms with Crippen LogP contribution in [0.1, 0.15) is 12.2 Å². The molecule has 0 spiro atoms. The Morgan fingerprint density at radius 3 is 2.84 bits per heavy atom. The molecule has 1 atom stereocenters. The zero-order valence-electron chi connectivity index (χ0n) is 9.81. The Kier molecular flexibility index (Phi) is 3.56. The average molecular weight is 262 g/mol. The summed E-state index contributed by atoms with van der Waals surface area (Å²) in [6.45, 7) is 0.00942. The average Bonchev–Trinajstić information content (AvgIpc) is 2.72. The first-order chi connectivity index (χ1) is 9.10. The maximum absolute atomic E-state index is 11.8. The molecule has 1 unspecified atom stereocenters. The molecule has 1 fully saturated rings. The van der Waals surface area contributed by atoms with Crippen LogP contribution in [0.4, 0.5) is 0 Å². The van der Waals surface area contributed by atoms with Gasteiger partial charge in [0, 0.05) is 13.0 Å². The predicted molar refractivity (Wildman–Crippen MR) is 60.0 cm³/mol. The number of amides is 1. The number of rotatable bonds is 4. The molecule has 8 heteroatoms. The molecule has 1 N–H and O–H groups in total. The summed E-state index contributed by atoms with van der Waals surface area (Å²) in [5, 5.41) is 17.2. The third-order valence-corrected chi connectivity index (χ3v) is 2.58. The molecule has 1 aliphatic heterocycles. The highest BCUT2D eigenvalue weighted by atomic mass is 16.5. The summed E-state index contributed by atoms with van der Waals surface area (Å²) < 4.78 is 5.38. The Morgan fingerprint density at radius 2 is 2.26 bits per heavy atom. The third-order valence-electron chi connectivity index (χ3n) is 2.58. The molecule has 0 aliphatic carbocycles. The Labute approximate surface area is 108 Å². The van der Waals surface area contributed by atoms with Gasteiger partial charge in [0.2, 0.25) is 5.82 Å². The molecule has 2 heterocycles. The maximum atomic E-state index is 11.8. The first-order valence-electron chi connectivity index (χ1n) is 5.49. The molecule has 8 nitrogen and oxygen atoms in total. The van der Waals surface area contributed by atoms with E-state index in [9.17, 15) is 9.59 Å². The van der Waals surface area contributed by atoms with Gasteiger partial charge in [-0.05, 0) is 0 Å². The van der Waals surface area contributed by atoms with Crippen LogP contribution in [0.5, 0.6) is 5.75 Å². The normalized spacial score (nSPS) is 18.2. The lowest BCUT2D eigenvalue weighted by molar-refractivity contribution is -0.144. The molecular formula is C11H10N4O4. The van der Waals surface area contributed by atoms with Crippen LogP contribution in [0.25, 0.3) is 0 Å². The van der Waals surface area contributed by atoms with Gasteiger partial charge in [0.05, 0.1) is 12.4 Å². The van der Waals surface area contributed by atoms with Crippen LogP contribution in [0, 0.1) is 11.3 Å². The number of carbonyl (C=O) groups is 2. The summed E-state index contributed by atoms with van der Waals surface area (Å²) >= 11 is 0. The molecule has 19 heavy (non-hydrogen) atoms. The Hall–Kier alpha value is -2.69. The number of likely N-dealkylation sites (tertiary alicyclic amines) is 1. The molecular weight excluding hydrogens is 252 g/mol. The number of carbonyl (C=O) groups excluding carboxylic acids is 1. The molecule has 1 aromatic rings. The van der Waals surface area contributed by atoms with Crippen molar-refractivity contribution in [3.05, 3.63) is 18.2 Å². The molecule has 0 radical (unpaired) electrons. The second-order valence-electron chi connectivity index (χ2n) is 3.90. The number of nitriles is 1. The number of hydrogen-bond donors (Lipinski definition) is 1. The van der Waals surface area contributed by atoms with Crippen molar-refractivity contribution < 1.29 is 19.4 Å². The third kappa shape index (κ3) is 2.95. The predicted octanol–water partition coefficient (Wildman–Crippen LogP) is -0.587. The molecule has 0 saturated carbocycles. The second kappa shape index (κ2) is 5.30. The quantitative estimate of drug-likeness (QED) is 0.770. The van der Waals surface area contributed by atoms with Gasteiger partial charge in [-0.3, -0.25) is 9.59 Å². The summed E-state index contributed by atoms with van der Waals surface area (Å²) in [4.78, 5) is 31.0. The minimum atomic E-state index is -1.06. The highest BCUT2D eigenvalue weighted by Gasteiger charge is 2.34. The van der Waals surface area contributed by atoms with Crippen molar-refractivity contribution in [3.8, 4) is 11.8 Å². The van der Waals surface area contributed by atoms with E-state index in [1.165, 1.54) is 17.3 Å². The maximum Gasteiger partial charge on any atom is 0.323 e. The smallest absolute Gasteiger partial charge is 0.323 e. The largest absolute Gasteiger partial charge is 0.480 e. The minimum Gasteiger partial charge on any atom is -0.480 e. The topological polar surface area (TPSA) is 116 Å². The zero-order chi connectivity index (χ0) is 13.8. The Bertz CT molecular complexity index is 537. The van der Waals surface area contributed by atoms with Crippen LogP contribution in [0.2, 0.25) is 0 Å². The summed E-state index contributed by atoms with van der Waals surface area (Å²) in [5.41, 5.74) is 0. The van der Waals surface area contributed by atoms with E-state index in [4.69, 9.17) is 15.1 Å². The molecule has 2 rings (SSSR count). The van der Waals surface area contributed by atoms with Gasteiger partial charge >= 0.3 is 5.97 Å². The van der Waals surface area contributed by atoms with Crippen molar-refractivity contribution in [2.45, 2.75) is 12.5 Å². The summed E-state index contributed by atoms with van der Waals surface area (Å²) in [7, 11) is 0. The standard InChI is InChI=1S/C11H10N4O4/c12-3-9-13-4-7(5-14-9)19-8-1-2-15(11(8)18)6-10(16)17/h4-5,8H,1-2,6H2,(H,16,17). The first kappa shape index (κ1) is 12.8. The highest BCUT2D eigenvalue weighted by molar-refractivity contribution is 5.86. The number of carboxylic acids is 1. The van der Waals surface area contributed by atoms with Gasteiger partial charge in [-0.25, -0.2) is 9.97 Å². The van der Waals surface area contributed by atoms with Crippen molar-refractivity contribution in [2.24, 2.45) is 0 Å². The van der Waals surface area contributed by atoms with Crippen LogP contribution in [-0.2, 0) is 9.59 Å². The van der Waals surface area contributed by atoms with Crippen molar-refractivity contribution in [3.63, 3.8) is 0 Å². The Balaban J connectivity index is 1.98. The zero-order valence-corrected chi connectivity index (χ0v) is 9.81. The van der Waals surface area contributed by atoms with Crippen molar-refractivity contribution in [1.82, 2.24) is 14.9 Å². The lowest BCUT2D eigenvalue weighted by Crippen LogP contribution is -2.35. The Morgan fingerprint density at radius 1 is 1.58 bits per heavy atom. The number of carboxylic acid groups (broad SMARTS) is 1. The summed E-state index contributed by atoms with van der Waals surface area (Å²) in [5.74, 6) is -1.14. The molecule has 0 aromatic carbocycles. The summed E-state index contributed by atoms with van der Waals surface area (Å²) in [6, 6.07) is 1.77. The van der Waals surface area contributed by atoms with Crippen LogP contribution >= 0.6 is 0 Å². The molecule has 1 aliphatic rings. The van der Waals surface area contributed by atoms with Gasteiger partial charge in [0.15, 0.2) is 11.9 Å².